The number of rotatable bonds is 5. The van der Waals surface area contributed by atoms with E-state index in [9.17, 15) is 13.5 Å². The molecule has 96 valence electrons. The van der Waals surface area contributed by atoms with E-state index in [1.165, 1.54) is 0 Å². The molecular weight excluding hydrogens is 228 g/mol. The SMILES string of the molecule is CCNS(=O)(=O)C1CCN(CC(C)(C)O)C1. The van der Waals surface area contributed by atoms with E-state index >= 15 is 0 Å². The molecule has 1 heterocycles. The summed E-state index contributed by atoms with van der Waals surface area (Å²) in [5.41, 5.74) is -0.767. The van der Waals surface area contributed by atoms with Crippen molar-refractivity contribution in [3.63, 3.8) is 0 Å². The molecule has 16 heavy (non-hydrogen) atoms. The zero-order chi connectivity index (χ0) is 12.4. The van der Waals surface area contributed by atoms with Gasteiger partial charge in [0.1, 0.15) is 0 Å². The van der Waals surface area contributed by atoms with Gasteiger partial charge in [-0.1, -0.05) is 6.92 Å². The van der Waals surface area contributed by atoms with Crippen LogP contribution in [0.1, 0.15) is 27.2 Å². The molecule has 0 bridgehead atoms. The van der Waals surface area contributed by atoms with Crippen molar-refractivity contribution in [2.45, 2.75) is 38.0 Å². The number of nitrogens with zero attached hydrogens (tertiary/aromatic N) is 1. The Morgan fingerprint density at radius 1 is 1.50 bits per heavy atom. The van der Waals surface area contributed by atoms with Crippen LogP contribution in [0, 0.1) is 0 Å². The highest BCUT2D eigenvalue weighted by Crippen LogP contribution is 2.18. The highest BCUT2D eigenvalue weighted by molar-refractivity contribution is 7.90. The van der Waals surface area contributed by atoms with E-state index in [0.29, 0.717) is 26.1 Å². The predicted octanol–water partition coefficient (Wildman–Crippen LogP) is -0.229. The van der Waals surface area contributed by atoms with Gasteiger partial charge in [0.2, 0.25) is 10.0 Å². The Kier molecular flexibility index (Phi) is 4.34. The van der Waals surface area contributed by atoms with E-state index in [1.54, 1.807) is 20.8 Å². The first kappa shape index (κ1) is 13.9. The number of β-amino-alcohol motifs (C(OH)–C–C–N with tert-alkyl or cyclic N) is 1. The van der Waals surface area contributed by atoms with Gasteiger partial charge >= 0.3 is 0 Å². The summed E-state index contributed by atoms with van der Waals surface area (Å²) >= 11 is 0. The van der Waals surface area contributed by atoms with Crippen molar-refractivity contribution >= 4 is 10.0 Å². The van der Waals surface area contributed by atoms with Gasteiger partial charge in [-0.15, -0.1) is 0 Å². The highest BCUT2D eigenvalue weighted by atomic mass is 32.2. The lowest BCUT2D eigenvalue weighted by atomic mass is 10.1. The maximum Gasteiger partial charge on any atom is 0.215 e. The number of aliphatic hydroxyl groups is 1. The largest absolute Gasteiger partial charge is 0.389 e. The standard InChI is InChI=1S/C10H22N2O3S/c1-4-11-16(14,15)9-5-6-12(7-9)8-10(2,3)13/h9,11,13H,4-8H2,1-3H3. The second-order valence-electron chi connectivity index (χ2n) is 5.00. The Hall–Kier alpha value is -0.170. The van der Waals surface area contributed by atoms with Gasteiger partial charge in [0.05, 0.1) is 10.9 Å². The minimum absolute atomic E-state index is 0.338. The Morgan fingerprint density at radius 2 is 2.12 bits per heavy atom. The van der Waals surface area contributed by atoms with Crippen LogP contribution >= 0.6 is 0 Å². The fraction of sp³-hybridized carbons (Fsp3) is 1.00. The number of likely N-dealkylation sites (tertiary alicyclic amines) is 1. The van der Waals surface area contributed by atoms with Crippen LogP contribution in [-0.2, 0) is 10.0 Å². The quantitative estimate of drug-likeness (QED) is 0.707. The minimum atomic E-state index is -3.17. The van der Waals surface area contributed by atoms with Crippen molar-refractivity contribution < 1.29 is 13.5 Å². The van der Waals surface area contributed by atoms with Crippen LogP contribution in [0.25, 0.3) is 0 Å². The summed E-state index contributed by atoms with van der Waals surface area (Å²) in [5.74, 6) is 0. The summed E-state index contributed by atoms with van der Waals surface area (Å²) in [6.07, 6.45) is 0.644. The lowest BCUT2D eigenvalue weighted by Crippen LogP contribution is -2.40. The first-order valence-electron chi connectivity index (χ1n) is 5.68. The molecule has 1 aliphatic heterocycles. The molecule has 1 saturated heterocycles. The molecule has 2 N–H and O–H groups in total. The van der Waals surface area contributed by atoms with Crippen LogP contribution < -0.4 is 4.72 Å². The molecule has 0 aromatic heterocycles. The van der Waals surface area contributed by atoms with Gasteiger partial charge in [-0.3, -0.25) is 4.90 Å². The Balaban J connectivity index is 2.53. The van der Waals surface area contributed by atoms with Gasteiger partial charge in [-0.05, 0) is 26.8 Å². The molecule has 0 radical (unpaired) electrons. The first-order chi connectivity index (χ1) is 7.24. The van der Waals surface area contributed by atoms with E-state index in [0.717, 1.165) is 6.54 Å². The van der Waals surface area contributed by atoms with Gasteiger partial charge in [0.15, 0.2) is 0 Å². The van der Waals surface area contributed by atoms with Crippen molar-refractivity contribution in [1.29, 1.82) is 0 Å². The van der Waals surface area contributed by atoms with Crippen LogP contribution in [-0.4, -0.2) is 55.5 Å². The van der Waals surface area contributed by atoms with E-state index in [4.69, 9.17) is 0 Å². The molecule has 0 aromatic carbocycles. The number of hydrogen-bond acceptors (Lipinski definition) is 4. The third-order valence-electron chi connectivity index (χ3n) is 2.62. The lowest BCUT2D eigenvalue weighted by Gasteiger charge is -2.25. The molecule has 0 amide bonds. The van der Waals surface area contributed by atoms with E-state index in [2.05, 4.69) is 4.72 Å². The summed E-state index contributed by atoms with van der Waals surface area (Å²) in [6.45, 7) is 7.45. The Morgan fingerprint density at radius 3 is 2.62 bits per heavy atom. The normalized spacial score (nSPS) is 23.9. The average molecular weight is 250 g/mol. The Bertz CT molecular complexity index is 321. The summed E-state index contributed by atoms with van der Waals surface area (Å²) in [4.78, 5) is 2.00. The molecule has 1 atom stereocenters. The molecule has 0 aliphatic carbocycles. The lowest BCUT2D eigenvalue weighted by molar-refractivity contribution is 0.0440. The monoisotopic (exact) mass is 250 g/mol. The summed E-state index contributed by atoms with van der Waals surface area (Å²) in [5, 5.41) is 9.33. The molecule has 1 fully saturated rings. The molecule has 0 saturated carbocycles. The van der Waals surface area contributed by atoms with Crippen LogP contribution in [0.4, 0.5) is 0 Å². The van der Waals surface area contributed by atoms with E-state index < -0.39 is 15.6 Å². The van der Waals surface area contributed by atoms with Crippen molar-refractivity contribution in [3.05, 3.63) is 0 Å². The van der Waals surface area contributed by atoms with E-state index in [-0.39, 0.29) is 5.25 Å². The van der Waals surface area contributed by atoms with Gasteiger partial charge in [0, 0.05) is 19.6 Å². The second kappa shape index (κ2) is 5.00. The topological polar surface area (TPSA) is 69.6 Å². The predicted molar refractivity (Wildman–Crippen MR) is 63.7 cm³/mol. The van der Waals surface area contributed by atoms with Crippen molar-refractivity contribution in [2.75, 3.05) is 26.2 Å². The summed E-state index contributed by atoms with van der Waals surface area (Å²) < 4.78 is 26.0. The maximum absolute atomic E-state index is 11.7. The maximum atomic E-state index is 11.7. The molecule has 1 unspecified atom stereocenters. The molecule has 0 spiro atoms. The van der Waals surface area contributed by atoms with Crippen LogP contribution in [0.5, 0.6) is 0 Å². The van der Waals surface area contributed by atoms with Gasteiger partial charge in [-0.25, -0.2) is 13.1 Å². The minimum Gasteiger partial charge on any atom is -0.389 e. The first-order valence-corrected chi connectivity index (χ1v) is 7.22. The molecule has 1 aliphatic rings. The van der Waals surface area contributed by atoms with Crippen molar-refractivity contribution in [1.82, 2.24) is 9.62 Å². The molecule has 6 heteroatoms. The van der Waals surface area contributed by atoms with Crippen molar-refractivity contribution in [2.24, 2.45) is 0 Å². The number of sulfonamides is 1. The summed E-state index contributed by atoms with van der Waals surface area (Å²) in [7, 11) is -3.17. The van der Waals surface area contributed by atoms with Crippen LogP contribution in [0.3, 0.4) is 0 Å². The number of nitrogens with one attached hydrogen (secondary N) is 1. The van der Waals surface area contributed by atoms with Gasteiger partial charge in [-0.2, -0.15) is 0 Å². The highest BCUT2D eigenvalue weighted by Gasteiger charge is 2.34. The number of hydrogen-bond donors (Lipinski definition) is 2. The summed E-state index contributed by atoms with van der Waals surface area (Å²) in [6, 6.07) is 0. The van der Waals surface area contributed by atoms with Gasteiger partial charge in [0.25, 0.3) is 0 Å². The third-order valence-corrected chi connectivity index (χ3v) is 4.58. The molecule has 1 rings (SSSR count). The third kappa shape index (κ3) is 4.01. The Labute approximate surface area is 97.9 Å². The molecule has 0 aromatic rings. The average Bonchev–Trinajstić information content (AvgIpc) is 2.49. The van der Waals surface area contributed by atoms with Crippen LogP contribution in [0.2, 0.25) is 0 Å². The zero-order valence-corrected chi connectivity index (χ0v) is 11.0. The van der Waals surface area contributed by atoms with E-state index in [1.807, 2.05) is 4.90 Å². The van der Waals surface area contributed by atoms with Crippen LogP contribution in [0.15, 0.2) is 0 Å². The molecule has 5 nitrogen and oxygen atoms in total. The fourth-order valence-corrected chi connectivity index (χ4v) is 3.52. The molecular formula is C10H22N2O3S. The fourth-order valence-electron chi connectivity index (χ4n) is 2.06. The van der Waals surface area contributed by atoms with Gasteiger partial charge < -0.3 is 5.11 Å². The van der Waals surface area contributed by atoms with Crippen molar-refractivity contribution in [3.8, 4) is 0 Å². The second-order valence-corrected chi connectivity index (χ2v) is 7.05. The smallest absolute Gasteiger partial charge is 0.215 e. The zero-order valence-electron chi connectivity index (χ0n) is 10.2.